The van der Waals surface area contributed by atoms with Crippen LogP contribution in [-0.2, 0) is 0 Å². The lowest BCUT2D eigenvalue weighted by Gasteiger charge is -2.15. The SMILES string of the molecule is CC(C)c1nc(N)cn1C1CCNC1. The minimum atomic E-state index is 0.438. The number of rotatable bonds is 2. The van der Waals surface area contributed by atoms with E-state index in [9.17, 15) is 0 Å². The number of hydrogen-bond acceptors (Lipinski definition) is 3. The maximum atomic E-state index is 5.73. The lowest BCUT2D eigenvalue weighted by Crippen LogP contribution is -2.15. The largest absolute Gasteiger partial charge is 0.382 e. The molecule has 1 atom stereocenters. The first-order valence-electron chi connectivity index (χ1n) is 5.23. The zero-order chi connectivity index (χ0) is 10.1. The Labute approximate surface area is 84.5 Å². The fourth-order valence-electron chi connectivity index (χ4n) is 2.02. The molecule has 1 aliphatic heterocycles. The molecule has 0 spiro atoms. The molecule has 4 nitrogen and oxygen atoms in total. The van der Waals surface area contributed by atoms with Crippen molar-refractivity contribution in [3.63, 3.8) is 0 Å². The highest BCUT2D eigenvalue weighted by molar-refractivity contribution is 5.27. The van der Waals surface area contributed by atoms with Gasteiger partial charge in [0.1, 0.15) is 11.6 Å². The van der Waals surface area contributed by atoms with Crippen LogP contribution in [0.25, 0.3) is 0 Å². The molecule has 4 heteroatoms. The van der Waals surface area contributed by atoms with E-state index in [0.29, 0.717) is 17.8 Å². The van der Waals surface area contributed by atoms with Crippen molar-refractivity contribution in [3.8, 4) is 0 Å². The van der Waals surface area contributed by atoms with Crippen molar-refractivity contribution in [2.75, 3.05) is 18.8 Å². The molecule has 2 rings (SSSR count). The minimum Gasteiger partial charge on any atom is -0.382 e. The standard InChI is InChI=1S/C10H18N4/c1-7(2)10-13-9(11)6-14(10)8-3-4-12-5-8/h6-8,12H,3-5,11H2,1-2H3. The Morgan fingerprint density at radius 3 is 3.00 bits per heavy atom. The molecule has 1 saturated heterocycles. The number of nitrogens with one attached hydrogen (secondary N) is 1. The van der Waals surface area contributed by atoms with Crippen LogP contribution in [0.1, 0.15) is 38.1 Å². The zero-order valence-corrected chi connectivity index (χ0v) is 8.83. The third kappa shape index (κ3) is 1.62. The topological polar surface area (TPSA) is 55.9 Å². The second-order valence-corrected chi connectivity index (χ2v) is 4.23. The second kappa shape index (κ2) is 3.61. The van der Waals surface area contributed by atoms with E-state index in [2.05, 4.69) is 28.7 Å². The fourth-order valence-corrected chi connectivity index (χ4v) is 2.02. The van der Waals surface area contributed by atoms with Crippen molar-refractivity contribution in [3.05, 3.63) is 12.0 Å². The number of nitrogen functional groups attached to an aromatic ring is 1. The van der Waals surface area contributed by atoms with Crippen molar-refractivity contribution in [1.29, 1.82) is 0 Å². The molecule has 2 heterocycles. The molecule has 78 valence electrons. The molecule has 0 aliphatic carbocycles. The quantitative estimate of drug-likeness (QED) is 0.742. The number of hydrogen-bond donors (Lipinski definition) is 2. The van der Waals surface area contributed by atoms with E-state index in [-0.39, 0.29) is 0 Å². The normalized spacial score (nSPS) is 22.1. The van der Waals surface area contributed by atoms with Crippen LogP contribution in [0.2, 0.25) is 0 Å². The lowest BCUT2D eigenvalue weighted by molar-refractivity contribution is 0.510. The molecule has 1 aliphatic rings. The van der Waals surface area contributed by atoms with Crippen LogP contribution in [0.3, 0.4) is 0 Å². The average Bonchev–Trinajstić information content (AvgIpc) is 2.70. The van der Waals surface area contributed by atoms with Crippen LogP contribution < -0.4 is 11.1 Å². The fraction of sp³-hybridized carbons (Fsp3) is 0.700. The molecule has 14 heavy (non-hydrogen) atoms. The first-order chi connectivity index (χ1) is 6.68. The van der Waals surface area contributed by atoms with Gasteiger partial charge in [0.15, 0.2) is 0 Å². The Bertz CT molecular complexity index is 310. The number of nitrogens with two attached hydrogens (primary N) is 1. The summed E-state index contributed by atoms with van der Waals surface area (Å²) in [5, 5.41) is 3.36. The molecule has 1 aromatic heterocycles. The Hall–Kier alpha value is -1.03. The summed E-state index contributed by atoms with van der Waals surface area (Å²) >= 11 is 0. The van der Waals surface area contributed by atoms with Gasteiger partial charge in [-0.2, -0.15) is 0 Å². The smallest absolute Gasteiger partial charge is 0.141 e. The lowest BCUT2D eigenvalue weighted by atomic mass is 10.2. The summed E-state index contributed by atoms with van der Waals surface area (Å²) in [5.41, 5.74) is 5.73. The van der Waals surface area contributed by atoms with Gasteiger partial charge in [-0.1, -0.05) is 13.8 Å². The minimum absolute atomic E-state index is 0.438. The van der Waals surface area contributed by atoms with Crippen LogP contribution in [0.4, 0.5) is 5.82 Å². The van der Waals surface area contributed by atoms with E-state index in [4.69, 9.17) is 5.73 Å². The van der Waals surface area contributed by atoms with E-state index in [0.717, 1.165) is 18.9 Å². The zero-order valence-electron chi connectivity index (χ0n) is 8.83. The summed E-state index contributed by atoms with van der Waals surface area (Å²) in [4.78, 5) is 4.37. The number of anilines is 1. The molecular formula is C10H18N4. The van der Waals surface area contributed by atoms with E-state index in [1.807, 2.05) is 6.20 Å². The summed E-state index contributed by atoms with van der Waals surface area (Å²) in [7, 11) is 0. The molecule has 1 unspecified atom stereocenters. The number of imidazole rings is 1. The summed E-state index contributed by atoms with van der Waals surface area (Å²) in [6.45, 7) is 6.44. The van der Waals surface area contributed by atoms with Gasteiger partial charge in [-0.3, -0.25) is 0 Å². The van der Waals surface area contributed by atoms with E-state index < -0.39 is 0 Å². The van der Waals surface area contributed by atoms with Crippen LogP contribution in [0, 0.1) is 0 Å². The van der Waals surface area contributed by atoms with Gasteiger partial charge in [-0.25, -0.2) is 4.98 Å². The Kier molecular flexibility index (Phi) is 2.46. The summed E-state index contributed by atoms with van der Waals surface area (Å²) < 4.78 is 2.24. The van der Waals surface area contributed by atoms with Gasteiger partial charge in [0, 0.05) is 24.7 Å². The van der Waals surface area contributed by atoms with Crippen molar-refractivity contribution >= 4 is 5.82 Å². The van der Waals surface area contributed by atoms with Gasteiger partial charge in [0.2, 0.25) is 0 Å². The predicted octanol–water partition coefficient (Wildman–Crippen LogP) is 1.12. The number of nitrogens with zero attached hydrogens (tertiary/aromatic N) is 2. The summed E-state index contributed by atoms with van der Waals surface area (Å²) in [5.74, 6) is 2.18. The first kappa shape index (κ1) is 9.52. The Morgan fingerprint density at radius 1 is 1.64 bits per heavy atom. The van der Waals surface area contributed by atoms with Gasteiger partial charge in [0.25, 0.3) is 0 Å². The monoisotopic (exact) mass is 194 g/mol. The van der Waals surface area contributed by atoms with Crippen LogP contribution in [0.5, 0.6) is 0 Å². The van der Waals surface area contributed by atoms with E-state index in [1.165, 1.54) is 6.42 Å². The Balaban J connectivity index is 2.30. The summed E-state index contributed by atoms with van der Waals surface area (Å²) in [6, 6.07) is 0.539. The predicted molar refractivity (Wildman–Crippen MR) is 57.3 cm³/mol. The third-order valence-electron chi connectivity index (χ3n) is 2.72. The third-order valence-corrected chi connectivity index (χ3v) is 2.72. The van der Waals surface area contributed by atoms with Gasteiger partial charge in [-0.05, 0) is 13.0 Å². The van der Waals surface area contributed by atoms with E-state index >= 15 is 0 Å². The van der Waals surface area contributed by atoms with Crippen LogP contribution in [0.15, 0.2) is 6.20 Å². The highest BCUT2D eigenvalue weighted by atomic mass is 15.2. The molecule has 0 aromatic carbocycles. The van der Waals surface area contributed by atoms with Gasteiger partial charge < -0.3 is 15.6 Å². The van der Waals surface area contributed by atoms with Crippen molar-refractivity contribution in [2.24, 2.45) is 0 Å². The first-order valence-corrected chi connectivity index (χ1v) is 5.23. The maximum absolute atomic E-state index is 5.73. The van der Waals surface area contributed by atoms with Gasteiger partial charge in [-0.15, -0.1) is 0 Å². The molecule has 1 fully saturated rings. The maximum Gasteiger partial charge on any atom is 0.141 e. The molecular weight excluding hydrogens is 176 g/mol. The molecule has 1 aromatic rings. The molecule has 0 radical (unpaired) electrons. The Morgan fingerprint density at radius 2 is 2.43 bits per heavy atom. The molecule has 0 amide bonds. The second-order valence-electron chi connectivity index (χ2n) is 4.23. The van der Waals surface area contributed by atoms with Crippen LogP contribution >= 0.6 is 0 Å². The van der Waals surface area contributed by atoms with Crippen molar-refractivity contribution < 1.29 is 0 Å². The van der Waals surface area contributed by atoms with Gasteiger partial charge >= 0.3 is 0 Å². The number of aromatic nitrogens is 2. The molecule has 0 saturated carbocycles. The highest BCUT2D eigenvalue weighted by Gasteiger charge is 2.20. The van der Waals surface area contributed by atoms with Crippen molar-refractivity contribution in [2.45, 2.75) is 32.2 Å². The molecule has 3 N–H and O–H groups in total. The van der Waals surface area contributed by atoms with Gasteiger partial charge in [0.05, 0.1) is 0 Å². The summed E-state index contributed by atoms with van der Waals surface area (Å²) in [6.07, 6.45) is 3.14. The highest BCUT2D eigenvalue weighted by Crippen LogP contribution is 2.23. The van der Waals surface area contributed by atoms with Crippen LogP contribution in [-0.4, -0.2) is 22.6 Å². The molecule has 0 bridgehead atoms. The van der Waals surface area contributed by atoms with E-state index in [1.54, 1.807) is 0 Å². The average molecular weight is 194 g/mol. The van der Waals surface area contributed by atoms with Crippen molar-refractivity contribution in [1.82, 2.24) is 14.9 Å².